The molecule has 0 bridgehead atoms. The summed E-state index contributed by atoms with van der Waals surface area (Å²) in [6.45, 7) is 0. The van der Waals surface area contributed by atoms with E-state index in [4.69, 9.17) is 0 Å². The van der Waals surface area contributed by atoms with Crippen molar-refractivity contribution >= 4 is 23.9 Å². The van der Waals surface area contributed by atoms with Gasteiger partial charge in [0, 0.05) is 0 Å². The Balaban J connectivity index is 2.16. The molecule has 2 aromatic carbocycles. The Morgan fingerprint density at radius 3 is 1.31 bits per heavy atom. The van der Waals surface area contributed by atoms with Crippen molar-refractivity contribution in [2.24, 2.45) is 0 Å². The van der Waals surface area contributed by atoms with Crippen molar-refractivity contribution in [2.75, 3.05) is 0 Å². The molecule has 0 spiro atoms. The standard InChI is InChI=1S/C12H10Se/c1-3-7-11(8-4-1)13-12-9-5-2-6-10-12/h1-10H/p+1. The zero-order chi connectivity index (χ0) is 8.93. The molecule has 0 heterocycles. The van der Waals surface area contributed by atoms with E-state index in [9.17, 15) is 0 Å². The van der Waals surface area contributed by atoms with E-state index < -0.39 is 0 Å². The Hall–Kier alpha value is -1.04. The van der Waals surface area contributed by atoms with Crippen LogP contribution in [0.2, 0.25) is 0 Å². The van der Waals surface area contributed by atoms with E-state index in [0.29, 0.717) is 0 Å². The molecule has 0 atom stereocenters. The fourth-order valence-corrected chi connectivity index (χ4v) is 3.13. The van der Waals surface area contributed by atoms with E-state index in [0.717, 1.165) is 0 Å². The van der Waals surface area contributed by atoms with Crippen LogP contribution in [-0.2, 0) is 0 Å². The minimum absolute atomic E-state index is 0.177. The van der Waals surface area contributed by atoms with Gasteiger partial charge in [0.15, 0.2) is 0 Å². The molecule has 0 saturated heterocycles. The fraction of sp³-hybridized carbons (Fsp3) is 0. The Kier molecular flexibility index (Phi) is 2.81. The van der Waals surface area contributed by atoms with E-state index in [1.165, 1.54) is 8.92 Å². The quantitative estimate of drug-likeness (QED) is 0.682. The molecule has 0 nitrogen and oxygen atoms in total. The molecule has 2 rings (SSSR count). The van der Waals surface area contributed by atoms with Crippen LogP contribution in [0.3, 0.4) is 0 Å². The predicted octanol–water partition coefficient (Wildman–Crippen LogP) is 1.07. The molecular formula is C12H11Se+. The zero-order valence-electron chi connectivity index (χ0n) is 7.22. The summed E-state index contributed by atoms with van der Waals surface area (Å²) in [5, 5.41) is 0. The van der Waals surface area contributed by atoms with Crippen LogP contribution < -0.4 is 8.92 Å². The summed E-state index contributed by atoms with van der Waals surface area (Å²) in [5.74, 6) is 0. The number of benzene rings is 2. The fourth-order valence-electron chi connectivity index (χ4n) is 1.15. The average molecular weight is 234 g/mol. The van der Waals surface area contributed by atoms with Gasteiger partial charge in [-0.1, -0.05) is 0 Å². The van der Waals surface area contributed by atoms with Crippen LogP contribution in [-0.4, -0.2) is 15.0 Å². The molecule has 1 heteroatoms. The van der Waals surface area contributed by atoms with Gasteiger partial charge in [-0.15, -0.1) is 0 Å². The summed E-state index contributed by atoms with van der Waals surface area (Å²) >= 11 is 0.177. The summed E-state index contributed by atoms with van der Waals surface area (Å²) in [4.78, 5) is 0. The summed E-state index contributed by atoms with van der Waals surface area (Å²) in [6, 6.07) is 21.4. The van der Waals surface area contributed by atoms with Crippen molar-refractivity contribution in [3.63, 3.8) is 0 Å². The molecule has 0 fully saturated rings. The van der Waals surface area contributed by atoms with Crippen LogP contribution in [0.4, 0.5) is 0 Å². The topological polar surface area (TPSA) is 0 Å². The van der Waals surface area contributed by atoms with Gasteiger partial charge in [0.1, 0.15) is 0 Å². The molecule has 0 N–H and O–H groups in total. The second-order valence-electron chi connectivity index (χ2n) is 2.78. The molecule has 64 valence electrons. The summed E-state index contributed by atoms with van der Waals surface area (Å²) < 4.78 is 2.93. The van der Waals surface area contributed by atoms with Gasteiger partial charge in [0.05, 0.1) is 0 Å². The molecule has 0 aliphatic carbocycles. The number of hydrogen-bond acceptors (Lipinski definition) is 0. The first-order chi connectivity index (χ1) is 6.45. The number of rotatable bonds is 2. The molecule has 2 aromatic rings. The summed E-state index contributed by atoms with van der Waals surface area (Å²) in [5.41, 5.74) is 0. The molecule has 0 aliphatic rings. The van der Waals surface area contributed by atoms with Crippen LogP contribution in [0, 0.1) is 0 Å². The Bertz CT molecular complexity index is 316. The first-order valence-corrected chi connectivity index (χ1v) is 6.15. The normalized spacial score (nSPS) is 9.85. The van der Waals surface area contributed by atoms with Crippen molar-refractivity contribution < 1.29 is 0 Å². The van der Waals surface area contributed by atoms with Crippen molar-refractivity contribution in [1.29, 1.82) is 0 Å². The molecule has 13 heavy (non-hydrogen) atoms. The first-order valence-electron chi connectivity index (χ1n) is 4.27. The van der Waals surface area contributed by atoms with Gasteiger partial charge >= 0.3 is 84.5 Å². The first kappa shape index (κ1) is 8.55. The van der Waals surface area contributed by atoms with Crippen molar-refractivity contribution in [1.82, 2.24) is 0 Å². The molecular weight excluding hydrogens is 223 g/mol. The third kappa shape index (κ3) is 2.45. The van der Waals surface area contributed by atoms with E-state index in [1.54, 1.807) is 0 Å². The second-order valence-corrected chi connectivity index (χ2v) is 5.42. The van der Waals surface area contributed by atoms with Gasteiger partial charge in [-0.2, -0.15) is 0 Å². The van der Waals surface area contributed by atoms with Crippen molar-refractivity contribution in [3.8, 4) is 0 Å². The van der Waals surface area contributed by atoms with Crippen LogP contribution in [0.25, 0.3) is 0 Å². The van der Waals surface area contributed by atoms with Gasteiger partial charge in [-0.3, -0.25) is 0 Å². The van der Waals surface area contributed by atoms with Gasteiger partial charge in [-0.25, -0.2) is 0 Å². The molecule has 0 saturated carbocycles. The van der Waals surface area contributed by atoms with Crippen molar-refractivity contribution in [3.05, 3.63) is 60.7 Å². The maximum atomic E-state index is 2.20. The minimum atomic E-state index is 0.177. The van der Waals surface area contributed by atoms with Crippen LogP contribution in [0.15, 0.2) is 60.7 Å². The van der Waals surface area contributed by atoms with Gasteiger partial charge in [0.25, 0.3) is 0 Å². The monoisotopic (exact) mass is 235 g/mol. The van der Waals surface area contributed by atoms with E-state index in [-0.39, 0.29) is 15.0 Å². The summed E-state index contributed by atoms with van der Waals surface area (Å²) in [7, 11) is 0. The molecule has 0 amide bonds. The van der Waals surface area contributed by atoms with E-state index in [1.807, 2.05) is 0 Å². The zero-order valence-corrected chi connectivity index (χ0v) is 9.10. The average Bonchev–Trinajstić information content (AvgIpc) is 2.21. The number of hydrogen-bond donors (Lipinski definition) is 0. The molecule has 0 unspecified atom stereocenters. The predicted molar refractivity (Wildman–Crippen MR) is 59.3 cm³/mol. The molecule has 0 radical (unpaired) electrons. The van der Waals surface area contributed by atoms with Gasteiger partial charge < -0.3 is 0 Å². The van der Waals surface area contributed by atoms with Gasteiger partial charge in [0.2, 0.25) is 0 Å². The Labute approximate surface area is 84.8 Å². The van der Waals surface area contributed by atoms with Crippen molar-refractivity contribution in [2.45, 2.75) is 0 Å². The maximum absolute atomic E-state index is 2.20. The third-order valence-corrected chi connectivity index (χ3v) is 4.11. The second kappa shape index (κ2) is 4.27. The third-order valence-electron chi connectivity index (χ3n) is 1.77. The van der Waals surface area contributed by atoms with Crippen LogP contribution >= 0.6 is 0 Å². The summed E-state index contributed by atoms with van der Waals surface area (Å²) in [6.07, 6.45) is 0. The molecule has 0 aliphatic heterocycles. The molecule has 0 aromatic heterocycles. The Morgan fingerprint density at radius 1 is 0.538 bits per heavy atom. The SMILES string of the molecule is c1ccc([SeH+]c2ccccc2)cc1. The van der Waals surface area contributed by atoms with Crippen LogP contribution in [0.5, 0.6) is 0 Å². The van der Waals surface area contributed by atoms with E-state index in [2.05, 4.69) is 60.7 Å². The Morgan fingerprint density at radius 2 is 0.923 bits per heavy atom. The van der Waals surface area contributed by atoms with Crippen LogP contribution in [0.1, 0.15) is 0 Å². The van der Waals surface area contributed by atoms with Gasteiger partial charge in [-0.05, 0) is 0 Å². The van der Waals surface area contributed by atoms with E-state index >= 15 is 0 Å².